The van der Waals surface area contributed by atoms with Crippen LogP contribution < -0.4 is 15.6 Å². The molecule has 3 N–H and O–H groups in total. The summed E-state index contributed by atoms with van der Waals surface area (Å²) in [6.07, 6.45) is 1.43. The number of aromatic carboxylic acids is 1. The predicted molar refractivity (Wildman–Crippen MR) is 162 cm³/mol. The number of carboxylic acid groups (broad SMARTS) is 1. The summed E-state index contributed by atoms with van der Waals surface area (Å²) in [5, 5.41) is 16.0. The molecule has 3 amide bonds. The number of rotatable bonds is 10. The highest BCUT2D eigenvalue weighted by Crippen LogP contribution is 2.33. The average Bonchev–Trinajstić information content (AvgIpc) is 3.25. The molecule has 4 aromatic carbocycles. The Balaban J connectivity index is 1.32. The molecule has 5 rings (SSSR count). The van der Waals surface area contributed by atoms with E-state index in [-0.39, 0.29) is 17.2 Å². The van der Waals surface area contributed by atoms with Crippen LogP contribution in [0.3, 0.4) is 0 Å². The number of nitrogens with one attached hydrogen (secondary N) is 2. The summed E-state index contributed by atoms with van der Waals surface area (Å²) in [7, 11) is 0. The lowest BCUT2D eigenvalue weighted by Gasteiger charge is -2.17. The largest absolute Gasteiger partial charge is 0.478 e. The van der Waals surface area contributed by atoms with Crippen LogP contribution in [0.1, 0.15) is 27.0 Å². The molecular formula is C32H28N4O4S. The van der Waals surface area contributed by atoms with Crippen LogP contribution >= 0.6 is 11.8 Å². The molecule has 1 heterocycles. The normalized spacial score (nSPS) is 13.2. The summed E-state index contributed by atoms with van der Waals surface area (Å²) in [5.74, 6) is -0.446. The summed E-state index contributed by atoms with van der Waals surface area (Å²) < 4.78 is 0. The number of hydrogen-bond donors (Lipinski definition) is 3. The SMILES string of the molecule is O=C(N/N=C1\C(=O)N(CCc2ccccc2)c2ccc(SCCc3ccc(C(=O)O)cc3)cc21)Nc1ccccc1. The van der Waals surface area contributed by atoms with Gasteiger partial charge in [0.2, 0.25) is 0 Å². The third-order valence-electron chi connectivity index (χ3n) is 6.59. The van der Waals surface area contributed by atoms with Crippen molar-refractivity contribution in [3.05, 3.63) is 125 Å². The second-order valence-electron chi connectivity index (χ2n) is 9.36. The number of urea groups is 1. The molecule has 0 spiro atoms. The number of anilines is 2. The Labute approximate surface area is 242 Å². The van der Waals surface area contributed by atoms with Crippen LogP contribution in [0.4, 0.5) is 16.2 Å². The van der Waals surface area contributed by atoms with Crippen LogP contribution in [0, 0.1) is 0 Å². The number of nitrogens with zero attached hydrogens (tertiary/aromatic N) is 2. The van der Waals surface area contributed by atoms with E-state index in [2.05, 4.69) is 15.8 Å². The van der Waals surface area contributed by atoms with Gasteiger partial charge in [-0.2, -0.15) is 5.10 Å². The highest BCUT2D eigenvalue weighted by Gasteiger charge is 2.34. The van der Waals surface area contributed by atoms with Gasteiger partial charge in [0.1, 0.15) is 0 Å². The van der Waals surface area contributed by atoms with Crippen molar-refractivity contribution in [2.24, 2.45) is 5.10 Å². The maximum Gasteiger partial charge on any atom is 0.339 e. The van der Waals surface area contributed by atoms with Crippen molar-refractivity contribution in [2.75, 3.05) is 22.5 Å². The van der Waals surface area contributed by atoms with Crippen LogP contribution in [0.2, 0.25) is 0 Å². The van der Waals surface area contributed by atoms with Gasteiger partial charge in [0.25, 0.3) is 5.91 Å². The smallest absolute Gasteiger partial charge is 0.339 e. The van der Waals surface area contributed by atoms with E-state index in [0.29, 0.717) is 24.2 Å². The number of carbonyl (C=O) groups excluding carboxylic acids is 2. The maximum absolute atomic E-state index is 13.5. The second-order valence-corrected chi connectivity index (χ2v) is 10.5. The maximum atomic E-state index is 13.5. The van der Waals surface area contributed by atoms with Gasteiger partial charge in [-0.25, -0.2) is 15.0 Å². The van der Waals surface area contributed by atoms with E-state index in [4.69, 9.17) is 5.11 Å². The Bertz CT molecular complexity index is 1570. The number of thioether (sulfide) groups is 1. The molecule has 0 unspecified atom stereocenters. The highest BCUT2D eigenvalue weighted by molar-refractivity contribution is 7.99. The molecule has 9 heteroatoms. The summed E-state index contributed by atoms with van der Waals surface area (Å²) in [4.78, 5) is 39.8. The summed E-state index contributed by atoms with van der Waals surface area (Å²) in [6.45, 7) is 0.476. The lowest BCUT2D eigenvalue weighted by atomic mass is 10.1. The number of amides is 3. The minimum atomic E-state index is -0.944. The lowest BCUT2D eigenvalue weighted by Crippen LogP contribution is -2.34. The molecule has 8 nitrogen and oxygen atoms in total. The summed E-state index contributed by atoms with van der Waals surface area (Å²) >= 11 is 1.63. The van der Waals surface area contributed by atoms with E-state index >= 15 is 0 Å². The molecule has 0 saturated heterocycles. The third kappa shape index (κ3) is 7.01. The first kappa shape index (κ1) is 27.7. The number of para-hydroxylation sites is 1. The van der Waals surface area contributed by atoms with Gasteiger partial charge in [-0.15, -0.1) is 11.8 Å². The lowest BCUT2D eigenvalue weighted by molar-refractivity contribution is -0.112. The van der Waals surface area contributed by atoms with Crippen LogP contribution in [-0.2, 0) is 17.6 Å². The number of benzene rings is 4. The number of carboxylic acids is 1. The number of aryl methyl sites for hydroxylation is 1. The molecule has 0 radical (unpaired) electrons. The zero-order valence-electron chi connectivity index (χ0n) is 22.1. The summed E-state index contributed by atoms with van der Waals surface area (Å²) in [6, 6.07) is 31.1. The van der Waals surface area contributed by atoms with Crippen LogP contribution in [-0.4, -0.2) is 41.0 Å². The molecule has 1 aliphatic heterocycles. The molecule has 0 fully saturated rings. The van der Waals surface area contributed by atoms with Gasteiger partial charge in [0, 0.05) is 28.4 Å². The van der Waals surface area contributed by atoms with Crippen LogP contribution in [0.15, 0.2) is 113 Å². The van der Waals surface area contributed by atoms with Gasteiger partial charge >= 0.3 is 12.0 Å². The number of hydrazone groups is 1. The second kappa shape index (κ2) is 13.0. The van der Waals surface area contributed by atoms with Crippen LogP contribution in [0.5, 0.6) is 0 Å². The van der Waals surface area contributed by atoms with Crippen molar-refractivity contribution < 1.29 is 19.5 Å². The predicted octanol–water partition coefficient (Wildman–Crippen LogP) is 5.83. The van der Waals surface area contributed by atoms with Crippen molar-refractivity contribution in [3.63, 3.8) is 0 Å². The average molecular weight is 565 g/mol. The first-order valence-corrected chi connectivity index (χ1v) is 14.1. The van der Waals surface area contributed by atoms with E-state index in [9.17, 15) is 14.4 Å². The van der Waals surface area contributed by atoms with E-state index in [0.717, 1.165) is 33.9 Å². The summed E-state index contributed by atoms with van der Waals surface area (Å²) in [5.41, 5.74) is 7.12. The van der Waals surface area contributed by atoms with Gasteiger partial charge in [-0.3, -0.25) is 4.79 Å². The minimum absolute atomic E-state index is 0.183. The molecule has 206 valence electrons. The van der Waals surface area contributed by atoms with E-state index < -0.39 is 12.0 Å². The molecule has 0 atom stereocenters. The van der Waals surface area contributed by atoms with Gasteiger partial charge in [0.15, 0.2) is 5.71 Å². The molecule has 4 aromatic rings. The van der Waals surface area contributed by atoms with Gasteiger partial charge in [-0.1, -0.05) is 60.7 Å². The Morgan fingerprint density at radius 3 is 2.22 bits per heavy atom. The molecule has 41 heavy (non-hydrogen) atoms. The minimum Gasteiger partial charge on any atom is -0.478 e. The molecular weight excluding hydrogens is 536 g/mol. The fourth-order valence-electron chi connectivity index (χ4n) is 4.49. The van der Waals surface area contributed by atoms with E-state index in [1.165, 1.54) is 0 Å². The number of fused-ring (bicyclic) bond motifs is 1. The monoisotopic (exact) mass is 564 g/mol. The Kier molecular flexibility index (Phi) is 8.76. The fourth-order valence-corrected chi connectivity index (χ4v) is 5.42. The van der Waals surface area contributed by atoms with E-state index in [1.54, 1.807) is 40.9 Å². The highest BCUT2D eigenvalue weighted by atomic mass is 32.2. The van der Waals surface area contributed by atoms with Crippen molar-refractivity contribution >= 4 is 46.8 Å². The van der Waals surface area contributed by atoms with Crippen molar-refractivity contribution in [2.45, 2.75) is 17.7 Å². The topological polar surface area (TPSA) is 111 Å². The zero-order chi connectivity index (χ0) is 28.6. The molecule has 0 aliphatic carbocycles. The Morgan fingerprint density at radius 1 is 0.829 bits per heavy atom. The molecule has 0 aromatic heterocycles. The zero-order valence-corrected chi connectivity index (χ0v) is 22.9. The molecule has 0 bridgehead atoms. The van der Waals surface area contributed by atoms with Gasteiger partial charge in [0.05, 0.1) is 11.3 Å². The number of carbonyl (C=O) groups is 3. The first-order valence-electron chi connectivity index (χ1n) is 13.1. The van der Waals surface area contributed by atoms with Gasteiger partial charge < -0.3 is 15.3 Å². The molecule has 0 saturated carbocycles. The first-order chi connectivity index (χ1) is 20.0. The van der Waals surface area contributed by atoms with Crippen molar-refractivity contribution in [3.8, 4) is 0 Å². The number of hydrogen-bond acceptors (Lipinski definition) is 5. The Morgan fingerprint density at radius 2 is 1.51 bits per heavy atom. The van der Waals surface area contributed by atoms with Crippen LogP contribution in [0.25, 0.3) is 0 Å². The Hall–Kier alpha value is -4.89. The van der Waals surface area contributed by atoms with E-state index in [1.807, 2.05) is 78.9 Å². The van der Waals surface area contributed by atoms with Gasteiger partial charge in [-0.05, 0) is 66.4 Å². The molecule has 1 aliphatic rings. The van der Waals surface area contributed by atoms with Crippen molar-refractivity contribution in [1.82, 2.24) is 5.43 Å². The quantitative estimate of drug-likeness (QED) is 0.166. The fraction of sp³-hybridized carbons (Fsp3) is 0.125. The standard InChI is InChI=1S/C32H28N4O4S/c37-30-29(34-35-32(40)33-25-9-5-2-6-10-25)27-21-26(41-20-18-23-11-13-24(14-12-23)31(38)39)15-16-28(27)36(30)19-17-22-7-3-1-4-8-22/h1-16,21H,17-20H2,(H,38,39)(H2,33,35,40)/b34-29-. The van der Waals surface area contributed by atoms with Crippen molar-refractivity contribution in [1.29, 1.82) is 0 Å². The third-order valence-corrected chi connectivity index (χ3v) is 7.59.